The van der Waals surface area contributed by atoms with Crippen LogP contribution in [0.15, 0.2) is 36.1 Å². The van der Waals surface area contributed by atoms with Gasteiger partial charge in [0.2, 0.25) is 0 Å². The van der Waals surface area contributed by atoms with E-state index in [2.05, 4.69) is 15.2 Å². The Morgan fingerprint density at radius 3 is 2.66 bits per heavy atom. The molecule has 0 radical (unpaired) electrons. The van der Waals surface area contributed by atoms with E-state index in [0.717, 1.165) is 42.5 Å². The molecule has 1 atom stereocenters. The maximum atomic E-state index is 12.5. The smallest absolute Gasteiger partial charge is 0.286 e. The van der Waals surface area contributed by atoms with E-state index >= 15 is 0 Å². The summed E-state index contributed by atoms with van der Waals surface area (Å²) in [6, 6.07) is 5.56. The van der Waals surface area contributed by atoms with Crippen LogP contribution in [0.2, 0.25) is 10.0 Å². The van der Waals surface area contributed by atoms with Crippen molar-refractivity contribution in [2.45, 2.75) is 25.0 Å². The molecule has 0 saturated carbocycles. The van der Waals surface area contributed by atoms with Gasteiger partial charge in [-0.1, -0.05) is 29.3 Å². The third-order valence-corrected chi connectivity index (χ3v) is 5.97. The van der Waals surface area contributed by atoms with Crippen LogP contribution in [0.3, 0.4) is 0 Å². The summed E-state index contributed by atoms with van der Waals surface area (Å²) in [6.07, 6.45) is 6.01. The molecule has 7 nitrogen and oxygen atoms in total. The molecule has 1 fully saturated rings. The van der Waals surface area contributed by atoms with Crippen molar-refractivity contribution in [3.05, 3.63) is 51.8 Å². The minimum absolute atomic E-state index is 0. The van der Waals surface area contributed by atoms with Crippen LogP contribution in [0.25, 0.3) is 17.0 Å². The molecule has 1 saturated heterocycles. The van der Waals surface area contributed by atoms with Crippen molar-refractivity contribution in [1.82, 2.24) is 15.2 Å². The molecule has 10 heteroatoms. The number of aliphatic hydroxyl groups excluding tert-OH is 2. The fourth-order valence-electron chi connectivity index (χ4n) is 3.59. The van der Waals surface area contributed by atoms with Crippen molar-refractivity contribution < 1.29 is 19.7 Å². The molecule has 1 amide bonds. The molecule has 2 aromatic rings. The minimum Gasteiger partial charge on any atom is -0.491 e. The molecular weight excluding hydrogens is 477 g/mol. The van der Waals surface area contributed by atoms with E-state index in [1.54, 1.807) is 24.3 Å². The molecule has 4 N–H and O–H groups in total. The predicted octanol–water partition coefficient (Wildman–Crippen LogP) is 3.37. The lowest BCUT2D eigenvalue weighted by Gasteiger charge is -2.33. The molecule has 0 aliphatic carbocycles. The first-order chi connectivity index (χ1) is 14.9. The lowest BCUT2D eigenvalue weighted by atomic mass is 10.0. The number of hydrogen-bond acceptors (Lipinski definition) is 5. The molecule has 0 bridgehead atoms. The van der Waals surface area contributed by atoms with Gasteiger partial charge in [0.1, 0.15) is 0 Å². The largest absolute Gasteiger partial charge is 0.491 e. The van der Waals surface area contributed by atoms with E-state index in [1.165, 1.54) is 7.11 Å². The number of aliphatic hydroxyl groups is 2. The summed E-state index contributed by atoms with van der Waals surface area (Å²) in [6.45, 7) is 1.70. The normalized spacial score (nSPS) is 16.8. The molecule has 32 heavy (non-hydrogen) atoms. The van der Waals surface area contributed by atoms with Crippen molar-refractivity contribution in [3.8, 4) is 0 Å². The zero-order valence-corrected chi connectivity index (χ0v) is 20.0. The summed E-state index contributed by atoms with van der Waals surface area (Å²) in [5, 5.41) is 23.4. The fourth-order valence-corrected chi connectivity index (χ4v) is 3.92. The Kier molecular flexibility index (Phi) is 10.3. The standard InChI is InChI=1S/C22H27Cl2N3O4.ClH/c1-31-21(22(30)26-15-5-7-27(8-6-15)12-17(29)13-28)4-2-3-16-9-14-10-18(23)19(24)11-20(14)25-16;/h2-4,9-11,15,17,25,28-29H,5-8,12-13H2,1H3,(H,26,30);1H. The van der Waals surface area contributed by atoms with Gasteiger partial charge in [-0.25, -0.2) is 0 Å². The van der Waals surface area contributed by atoms with Gasteiger partial charge in [0.15, 0.2) is 5.76 Å². The van der Waals surface area contributed by atoms with Gasteiger partial charge < -0.3 is 30.2 Å². The van der Waals surface area contributed by atoms with Crippen LogP contribution in [0.4, 0.5) is 0 Å². The van der Waals surface area contributed by atoms with Gasteiger partial charge in [0, 0.05) is 42.3 Å². The minimum atomic E-state index is -0.729. The Morgan fingerprint density at radius 2 is 2.00 bits per heavy atom. The highest BCUT2D eigenvalue weighted by Crippen LogP contribution is 2.28. The molecule has 1 aliphatic rings. The van der Waals surface area contributed by atoms with Crippen LogP contribution in [-0.4, -0.2) is 71.5 Å². The molecule has 2 heterocycles. The number of halogens is 3. The predicted molar refractivity (Wildman–Crippen MR) is 130 cm³/mol. The van der Waals surface area contributed by atoms with Crippen LogP contribution in [0, 0.1) is 0 Å². The summed E-state index contributed by atoms with van der Waals surface area (Å²) in [4.78, 5) is 17.9. The number of nitrogens with one attached hydrogen (secondary N) is 2. The molecule has 1 aliphatic heterocycles. The van der Waals surface area contributed by atoms with Gasteiger partial charge in [0.25, 0.3) is 5.91 Å². The average Bonchev–Trinajstić information content (AvgIpc) is 3.14. The van der Waals surface area contributed by atoms with Crippen molar-refractivity contribution in [1.29, 1.82) is 0 Å². The molecule has 0 spiro atoms. The van der Waals surface area contributed by atoms with E-state index in [0.29, 0.717) is 16.6 Å². The molecule has 3 rings (SSSR count). The second-order valence-electron chi connectivity index (χ2n) is 7.56. The van der Waals surface area contributed by atoms with Gasteiger partial charge in [-0.15, -0.1) is 12.4 Å². The third kappa shape index (κ3) is 7.13. The monoisotopic (exact) mass is 503 g/mol. The lowest BCUT2D eigenvalue weighted by Crippen LogP contribution is -2.47. The summed E-state index contributed by atoms with van der Waals surface area (Å²) in [5.41, 5.74) is 1.72. The Labute approximate surface area is 203 Å². The first-order valence-corrected chi connectivity index (χ1v) is 10.9. The molecule has 1 aromatic heterocycles. The Balaban J connectivity index is 0.00000363. The van der Waals surface area contributed by atoms with E-state index in [9.17, 15) is 9.90 Å². The van der Waals surface area contributed by atoms with Crippen molar-refractivity contribution in [2.24, 2.45) is 0 Å². The number of amides is 1. The highest BCUT2D eigenvalue weighted by molar-refractivity contribution is 6.42. The number of benzene rings is 1. The number of piperidine rings is 1. The van der Waals surface area contributed by atoms with Crippen LogP contribution in [0.1, 0.15) is 18.5 Å². The number of rotatable bonds is 8. The molecule has 1 unspecified atom stereocenters. The number of likely N-dealkylation sites (tertiary alicyclic amines) is 1. The first-order valence-electron chi connectivity index (χ1n) is 10.1. The number of allylic oxidation sites excluding steroid dienone is 2. The average molecular weight is 505 g/mol. The SMILES string of the molecule is COC(=CC=Cc1cc2cc(Cl)c(Cl)cc2[nH]1)C(=O)NC1CCN(CC(O)CO)CC1.Cl. The van der Waals surface area contributed by atoms with Crippen LogP contribution < -0.4 is 5.32 Å². The first kappa shape index (κ1) is 26.5. The van der Waals surface area contributed by atoms with Crippen molar-refractivity contribution in [3.63, 3.8) is 0 Å². The zero-order chi connectivity index (χ0) is 22.4. The van der Waals surface area contributed by atoms with Gasteiger partial charge in [-0.2, -0.15) is 0 Å². The van der Waals surface area contributed by atoms with Crippen molar-refractivity contribution >= 4 is 58.5 Å². The van der Waals surface area contributed by atoms with E-state index in [-0.39, 0.29) is 36.7 Å². The number of hydrogen-bond donors (Lipinski definition) is 4. The summed E-state index contributed by atoms with van der Waals surface area (Å²) >= 11 is 12.1. The quantitative estimate of drug-likeness (QED) is 0.251. The number of H-pyrrole nitrogens is 1. The third-order valence-electron chi connectivity index (χ3n) is 5.25. The number of carbonyl (C=O) groups excluding carboxylic acids is 1. The van der Waals surface area contributed by atoms with Crippen molar-refractivity contribution in [2.75, 3.05) is 33.4 Å². The summed E-state index contributed by atoms with van der Waals surface area (Å²) < 4.78 is 5.25. The number of ether oxygens (including phenoxy) is 1. The molecule has 1 aromatic carbocycles. The van der Waals surface area contributed by atoms with Crippen LogP contribution in [-0.2, 0) is 9.53 Å². The Bertz CT molecular complexity index is 930. The second-order valence-corrected chi connectivity index (χ2v) is 8.37. The summed E-state index contributed by atoms with van der Waals surface area (Å²) in [7, 11) is 1.46. The van der Waals surface area contributed by atoms with E-state index in [1.807, 2.05) is 12.1 Å². The van der Waals surface area contributed by atoms with Gasteiger partial charge in [-0.05, 0) is 43.2 Å². The number of methoxy groups -OCH3 is 1. The van der Waals surface area contributed by atoms with E-state index in [4.69, 9.17) is 33.0 Å². The fraction of sp³-hybridized carbons (Fsp3) is 0.409. The second kappa shape index (κ2) is 12.5. The highest BCUT2D eigenvalue weighted by atomic mass is 35.5. The maximum absolute atomic E-state index is 12.5. The number of nitrogens with zero attached hydrogens (tertiary/aromatic N) is 1. The van der Waals surface area contributed by atoms with Crippen LogP contribution >= 0.6 is 35.6 Å². The Hall–Kier alpha value is -1.74. The van der Waals surface area contributed by atoms with Crippen LogP contribution in [0.5, 0.6) is 0 Å². The Morgan fingerprint density at radius 1 is 1.31 bits per heavy atom. The molecular formula is C22H28Cl3N3O4. The number of aromatic amines is 1. The summed E-state index contributed by atoms with van der Waals surface area (Å²) in [5.74, 6) is -0.0483. The lowest BCUT2D eigenvalue weighted by molar-refractivity contribution is -0.121. The number of β-amino-alcohol motifs (C(OH)–C–C–N with tert-alkyl or cyclic N) is 1. The van der Waals surface area contributed by atoms with Gasteiger partial charge in [-0.3, -0.25) is 4.79 Å². The van der Waals surface area contributed by atoms with E-state index < -0.39 is 6.10 Å². The maximum Gasteiger partial charge on any atom is 0.286 e. The number of fused-ring (bicyclic) bond motifs is 1. The number of carbonyl (C=O) groups is 1. The zero-order valence-electron chi connectivity index (χ0n) is 17.7. The highest BCUT2D eigenvalue weighted by Gasteiger charge is 2.23. The van der Waals surface area contributed by atoms with Gasteiger partial charge >= 0.3 is 0 Å². The molecule has 176 valence electrons. The van der Waals surface area contributed by atoms with Gasteiger partial charge in [0.05, 0.1) is 29.9 Å². The number of aromatic nitrogens is 1. The topological polar surface area (TPSA) is 97.8 Å².